The lowest BCUT2D eigenvalue weighted by atomic mass is 10.2. The predicted octanol–water partition coefficient (Wildman–Crippen LogP) is 5.50. The van der Waals surface area contributed by atoms with Gasteiger partial charge in [-0.3, -0.25) is 19.1 Å². The van der Waals surface area contributed by atoms with Gasteiger partial charge < -0.3 is 16.8 Å². The van der Waals surface area contributed by atoms with E-state index in [0.29, 0.717) is 34.0 Å². The molecule has 0 amide bonds. The molecule has 0 bridgehead atoms. The Bertz CT molecular complexity index is 2000. The molecule has 0 fully saturated rings. The van der Waals surface area contributed by atoms with Crippen LogP contribution < -0.4 is 16.8 Å². The number of hydrogen-bond acceptors (Lipinski definition) is 9. The zero-order valence-electron chi connectivity index (χ0n) is 21.8. The molecule has 0 atom stereocenters. The van der Waals surface area contributed by atoms with Crippen LogP contribution in [0.5, 0.6) is 0 Å². The molecule has 0 saturated heterocycles. The van der Waals surface area contributed by atoms with Crippen molar-refractivity contribution in [3.8, 4) is 11.6 Å². The lowest BCUT2D eigenvalue weighted by Crippen LogP contribution is -2.02. The molecule has 4 heterocycles. The van der Waals surface area contributed by atoms with Crippen molar-refractivity contribution in [1.29, 1.82) is 0 Å². The van der Waals surface area contributed by atoms with Crippen molar-refractivity contribution in [2.75, 3.05) is 16.8 Å². The van der Waals surface area contributed by atoms with Crippen molar-refractivity contribution in [3.05, 3.63) is 109 Å². The van der Waals surface area contributed by atoms with Gasteiger partial charge in [-0.1, -0.05) is 29.8 Å². The first-order valence-corrected chi connectivity index (χ1v) is 12.9. The molecule has 0 aliphatic rings. The van der Waals surface area contributed by atoms with Crippen molar-refractivity contribution in [2.45, 2.75) is 6.92 Å². The van der Waals surface area contributed by atoms with Gasteiger partial charge >= 0.3 is 0 Å². The van der Waals surface area contributed by atoms with Crippen LogP contribution in [0.25, 0.3) is 33.7 Å². The maximum Gasteiger partial charge on any atom is 0.159 e. The van der Waals surface area contributed by atoms with Gasteiger partial charge in [-0.25, -0.2) is 19.9 Å². The summed E-state index contributed by atoms with van der Waals surface area (Å²) in [6, 6.07) is 19.2. The Kier molecular flexibility index (Phi) is 6.84. The van der Waals surface area contributed by atoms with Gasteiger partial charge in [0.2, 0.25) is 0 Å². The Labute approximate surface area is 239 Å². The molecule has 202 valence electrons. The average Bonchev–Trinajstić information content (AvgIpc) is 3.59. The quantitative estimate of drug-likeness (QED) is 0.236. The molecule has 41 heavy (non-hydrogen) atoms. The highest BCUT2D eigenvalue weighted by molar-refractivity contribution is 6.29. The molecule has 7 rings (SSSR count). The van der Waals surface area contributed by atoms with Crippen LogP contribution in [0, 0.1) is 6.92 Å². The van der Waals surface area contributed by atoms with Crippen LogP contribution in [-0.2, 0) is 0 Å². The van der Waals surface area contributed by atoms with Crippen LogP contribution in [0.3, 0.4) is 0 Å². The van der Waals surface area contributed by atoms with Gasteiger partial charge in [-0.05, 0) is 55.0 Å². The second kappa shape index (κ2) is 10.9. The topological polar surface area (TPSA) is 151 Å². The van der Waals surface area contributed by atoms with Crippen molar-refractivity contribution in [3.63, 3.8) is 0 Å². The van der Waals surface area contributed by atoms with Crippen molar-refractivity contribution in [1.82, 2.24) is 39.0 Å². The zero-order valence-corrected chi connectivity index (χ0v) is 22.6. The van der Waals surface area contributed by atoms with Crippen LogP contribution in [-0.4, -0.2) is 39.0 Å². The predicted molar refractivity (Wildman–Crippen MR) is 162 cm³/mol. The van der Waals surface area contributed by atoms with E-state index in [0.717, 1.165) is 33.3 Å². The molecule has 0 aliphatic heterocycles. The molecule has 4 aromatic heterocycles. The lowest BCUT2D eigenvalue weighted by molar-refractivity contribution is 0.996. The zero-order chi connectivity index (χ0) is 28.3. The fourth-order valence-electron chi connectivity index (χ4n) is 4.25. The number of rotatable bonds is 4. The minimum atomic E-state index is 0.341. The monoisotopic (exact) mass is 561 g/mol. The highest BCUT2D eigenvalue weighted by atomic mass is 35.5. The largest absolute Gasteiger partial charge is 0.399 e. The fourth-order valence-corrected chi connectivity index (χ4v) is 4.39. The van der Waals surface area contributed by atoms with Gasteiger partial charge in [0.25, 0.3) is 0 Å². The number of aryl methyl sites for hydroxylation is 1. The van der Waals surface area contributed by atoms with E-state index in [-0.39, 0.29) is 0 Å². The van der Waals surface area contributed by atoms with E-state index in [4.69, 9.17) is 23.1 Å². The van der Waals surface area contributed by atoms with Gasteiger partial charge in [-0.2, -0.15) is 0 Å². The normalized spacial score (nSPS) is 10.9. The Hall–Kier alpha value is -5.55. The molecule has 5 N–H and O–H groups in total. The highest BCUT2D eigenvalue weighted by Gasteiger charge is 2.09. The second-order valence-electron chi connectivity index (χ2n) is 9.13. The smallest absolute Gasteiger partial charge is 0.159 e. The van der Waals surface area contributed by atoms with Crippen LogP contribution in [0.2, 0.25) is 5.15 Å². The summed E-state index contributed by atoms with van der Waals surface area (Å²) in [6.45, 7) is 2.05. The molecule has 11 nitrogen and oxygen atoms in total. The maximum absolute atomic E-state index is 5.89. The number of imidazole rings is 2. The first kappa shape index (κ1) is 25.7. The molecule has 7 aromatic rings. The number of hydrogen-bond donors (Lipinski definition) is 3. The second-order valence-corrected chi connectivity index (χ2v) is 9.52. The summed E-state index contributed by atoms with van der Waals surface area (Å²) in [5.41, 5.74) is 18.6. The first-order chi connectivity index (χ1) is 19.9. The van der Waals surface area contributed by atoms with Gasteiger partial charge in [0.1, 0.15) is 17.8 Å². The molecule has 0 saturated carbocycles. The van der Waals surface area contributed by atoms with Gasteiger partial charge in [0, 0.05) is 17.1 Å². The number of fused-ring (bicyclic) bond motifs is 2. The van der Waals surface area contributed by atoms with Crippen molar-refractivity contribution in [2.24, 2.45) is 0 Å². The number of nitrogens with two attached hydrogens (primary N) is 2. The third-order valence-corrected chi connectivity index (χ3v) is 6.44. The third-order valence-electron chi connectivity index (χ3n) is 6.26. The number of benzene rings is 3. The van der Waals surface area contributed by atoms with E-state index < -0.39 is 0 Å². The van der Waals surface area contributed by atoms with E-state index >= 15 is 0 Å². The van der Waals surface area contributed by atoms with Crippen LogP contribution in [0.1, 0.15) is 5.56 Å². The molecule has 0 aliphatic carbocycles. The average molecular weight is 562 g/mol. The molecular weight excluding hydrogens is 538 g/mol. The SMILES string of the molecule is Cc1ccccc1Nc1cncc(-n2cnc3ccc(N)cc32)n1.Nc1ccc2ncn(-c3cncc(Cl)n3)c2c1. The first-order valence-electron chi connectivity index (χ1n) is 12.5. The van der Waals surface area contributed by atoms with Gasteiger partial charge in [-0.15, -0.1) is 0 Å². The van der Waals surface area contributed by atoms with E-state index in [2.05, 4.69) is 35.2 Å². The Morgan fingerprint density at radius 2 is 1.29 bits per heavy atom. The Balaban J connectivity index is 0.000000156. The Morgan fingerprint density at radius 1 is 0.707 bits per heavy atom. The maximum atomic E-state index is 5.89. The van der Waals surface area contributed by atoms with Crippen LogP contribution in [0.4, 0.5) is 22.9 Å². The molecular formula is C29H24ClN11. The molecule has 0 unspecified atom stereocenters. The van der Waals surface area contributed by atoms with Crippen molar-refractivity contribution >= 4 is 56.5 Å². The van der Waals surface area contributed by atoms with E-state index in [9.17, 15) is 0 Å². The molecule has 12 heteroatoms. The summed E-state index contributed by atoms with van der Waals surface area (Å²) in [5.74, 6) is 1.97. The number of halogens is 1. The summed E-state index contributed by atoms with van der Waals surface area (Å²) in [5, 5.41) is 3.64. The molecule has 3 aromatic carbocycles. The number of aromatic nitrogens is 8. The third kappa shape index (κ3) is 5.47. The number of para-hydroxylation sites is 1. The summed E-state index contributed by atoms with van der Waals surface area (Å²) in [6.07, 6.45) is 9.90. The number of nitrogen functional groups attached to an aromatic ring is 2. The number of nitrogens with one attached hydrogen (secondary N) is 1. The summed E-state index contributed by atoms with van der Waals surface area (Å²) in [4.78, 5) is 25.8. The number of anilines is 4. The summed E-state index contributed by atoms with van der Waals surface area (Å²) < 4.78 is 3.67. The standard InChI is InChI=1S/C18H16N6.C11H8ClN5/c1-12-4-2-3-5-14(12)22-17-9-20-10-18(23-17)24-11-21-15-7-6-13(19)8-16(15)24;12-10-4-14-5-11(16-10)17-6-15-8-2-1-7(13)3-9(8)17/h2-11H,19H2,1H3,(H,22,23);1-6H,13H2. The lowest BCUT2D eigenvalue weighted by Gasteiger charge is -2.10. The van der Waals surface area contributed by atoms with Gasteiger partial charge in [0.05, 0.1) is 46.9 Å². The van der Waals surface area contributed by atoms with E-state index in [1.165, 1.54) is 6.20 Å². The van der Waals surface area contributed by atoms with Crippen LogP contribution in [0.15, 0.2) is 98.1 Å². The van der Waals surface area contributed by atoms with Crippen molar-refractivity contribution < 1.29 is 0 Å². The fraction of sp³-hybridized carbons (Fsp3) is 0.0345. The summed E-state index contributed by atoms with van der Waals surface area (Å²) >= 11 is 5.81. The van der Waals surface area contributed by atoms with Gasteiger partial charge in [0.15, 0.2) is 17.5 Å². The van der Waals surface area contributed by atoms with E-state index in [1.54, 1.807) is 35.8 Å². The summed E-state index contributed by atoms with van der Waals surface area (Å²) in [7, 11) is 0. The minimum absolute atomic E-state index is 0.341. The number of nitrogens with zero attached hydrogens (tertiary/aromatic N) is 8. The molecule has 0 spiro atoms. The van der Waals surface area contributed by atoms with E-state index in [1.807, 2.05) is 72.2 Å². The van der Waals surface area contributed by atoms with Crippen LogP contribution >= 0.6 is 11.6 Å². The minimum Gasteiger partial charge on any atom is -0.399 e. The molecule has 0 radical (unpaired) electrons. The highest BCUT2D eigenvalue weighted by Crippen LogP contribution is 2.22. The Morgan fingerprint density at radius 3 is 1.90 bits per heavy atom.